The Hall–Kier alpha value is -1.44. The van der Waals surface area contributed by atoms with Crippen molar-refractivity contribution in [3.63, 3.8) is 0 Å². The van der Waals surface area contributed by atoms with E-state index in [4.69, 9.17) is 4.74 Å². The Morgan fingerprint density at radius 2 is 2.26 bits per heavy atom. The van der Waals surface area contributed by atoms with Gasteiger partial charge in [0.15, 0.2) is 0 Å². The van der Waals surface area contributed by atoms with Crippen LogP contribution < -0.4 is 5.32 Å². The van der Waals surface area contributed by atoms with Gasteiger partial charge < -0.3 is 15.0 Å². The number of ether oxygens (including phenoxy) is 1. The number of carbonyl (C=O) groups is 2. The maximum atomic E-state index is 13.0. The summed E-state index contributed by atoms with van der Waals surface area (Å²) in [5.41, 5.74) is 1.39. The highest BCUT2D eigenvalue weighted by molar-refractivity contribution is 7.07. The molecule has 0 aliphatic carbocycles. The number of nitrogens with zero attached hydrogens (tertiary/aromatic N) is 2. The number of hydrogen-bond acceptors (Lipinski definition) is 5. The highest BCUT2D eigenvalue weighted by Crippen LogP contribution is 2.50. The Labute approximate surface area is 164 Å². The van der Waals surface area contributed by atoms with Crippen molar-refractivity contribution >= 4 is 23.7 Å². The molecule has 27 heavy (non-hydrogen) atoms. The molecule has 3 saturated heterocycles. The van der Waals surface area contributed by atoms with Crippen LogP contribution in [-0.4, -0.2) is 73.6 Å². The fraction of sp³-hybridized carbons (Fsp3) is 0.700. The molecule has 2 amide bonds. The molecule has 4 rings (SSSR count). The molecule has 4 heterocycles. The predicted molar refractivity (Wildman–Crippen MR) is 105 cm³/mol. The molecule has 0 bridgehead atoms. The Balaban J connectivity index is 1.40. The molecule has 148 valence electrons. The van der Waals surface area contributed by atoms with E-state index in [1.54, 1.807) is 11.3 Å². The van der Waals surface area contributed by atoms with Crippen LogP contribution in [0.5, 0.6) is 0 Å². The molecule has 3 atom stereocenters. The van der Waals surface area contributed by atoms with Crippen LogP contribution in [0.4, 0.5) is 0 Å². The normalized spacial score (nSPS) is 28.3. The number of hydrogen-bond donors (Lipinski definition) is 1. The Morgan fingerprint density at radius 3 is 2.93 bits per heavy atom. The van der Waals surface area contributed by atoms with Crippen LogP contribution in [-0.2, 0) is 20.7 Å². The van der Waals surface area contributed by atoms with Gasteiger partial charge in [-0.3, -0.25) is 14.5 Å². The van der Waals surface area contributed by atoms with Crippen LogP contribution in [0, 0.1) is 11.3 Å². The summed E-state index contributed by atoms with van der Waals surface area (Å²) < 4.78 is 5.80. The molecule has 1 N–H and O–H groups in total. The van der Waals surface area contributed by atoms with E-state index in [1.165, 1.54) is 0 Å². The third-order valence-corrected chi connectivity index (χ3v) is 7.62. The number of thiophene rings is 1. The maximum absolute atomic E-state index is 13.0. The predicted octanol–water partition coefficient (Wildman–Crippen LogP) is 1.36. The summed E-state index contributed by atoms with van der Waals surface area (Å²) in [6.07, 6.45) is 3.28. The highest BCUT2D eigenvalue weighted by Gasteiger charge is 2.55. The molecule has 1 aromatic rings. The molecule has 6 nitrogen and oxygen atoms in total. The zero-order valence-electron chi connectivity index (χ0n) is 15.9. The SMILES string of the molecule is CCN1CC2(CCN(C(=O)C(Cc3ccsc3)NC=O)CC2)[C@@H]2COC[C@@H]21. The molecule has 1 aromatic heterocycles. The molecule has 3 aliphatic heterocycles. The van der Waals surface area contributed by atoms with E-state index in [-0.39, 0.29) is 11.3 Å². The van der Waals surface area contributed by atoms with Crippen molar-refractivity contribution in [2.24, 2.45) is 11.3 Å². The van der Waals surface area contributed by atoms with Gasteiger partial charge in [0.2, 0.25) is 12.3 Å². The Morgan fingerprint density at radius 1 is 1.44 bits per heavy atom. The minimum atomic E-state index is -0.468. The first-order valence-corrected chi connectivity index (χ1v) is 10.9. The second kappa shape index (κ2) is 7.89. The van der Waals surface area contributed by atoms with Crippen molar-refractivity contribution in [2.45, 2.75) is 38.3 Å². The average Bonchev–Trinajstić information content (AvgIpc) is 3.41. The van der Waals surface area contributed by atoms with Gasteiger partial charge in [0.05, 0.1) is 13.2 Å². The topological polar surface area (TPSA) is 61.9 Å². The maximum Gasteiger partial charge on any atom is 0.245 e. The van der Waals surface area contributed by atoms with Crippen molar-refractivity contribution < 1.29 is 14.3 Å². The van der Waals surface area contributed by atoms with Crippen LogP contribution in [0.1, 0.15) is 25.3 Å². The van der Waals surface area contributed by atoms with Crippen molar-refractivity contribution in [1.29, 1.82) is 0 Å². The largest absolute Gasteiger partial charge is 0.379 e. The Kier molecular flexibility index (Phi) is 5.53. The second-order valence-corrected chi connectivity index (χ2v) is 8.91. The van der Waals surface area contributed by atoms with Crippen molar-refractivity contribution in [1.82, 2.24) is 15.1 Å². The molecule has 1 unspecified atom stereocenters. The zero-order chi connectivity index (χ0) is 18.9. The van der Waals surface area contributed by atoms with Crippen LogP contribution in [0.2, 0.25) is 0 Å². The Bertz CT molecular complexity index is 657. The summed E-state index contributed by atoms with van der Waals surface area (Å²) in [5.74, 6) is 0.650. The van der Waals surface area contributed by atoms with Crippen molar-refractivity contribution in [2.75, 3.05) is 39.4 Å². The fourth-order valence-corrected chi connectivity index (χ4v) is 6.02. The molecule has 1 spiro atoms. The van der Waals surface area contributed by atoms with Gasteiger partial charge in [0, 0.05) is 38.0 Å². The minimum absolute atomic E-state index is 0.0488. The molecule has 3 fully saturated rings. The number of amides is 2. The number of fused-ring (bicyclic) bond motifs is 2. The summed E-state index contributed by atoms with van der Waals surface area (Å²) in [6, 6.07) is 2.10. The van der Waals surface area contributed by atoms with E-state index in [1.807, 2.05) is 21.7 Å². The third kappa shape index (κ3) is 3.52. The van der Waals surface area contributed by atoms with Gasteiger partial charge in [0.25, 0.3) is 0 Å². The van der Waals surface area contributed by atoms with E-state index >= 15 is 0 Å². The van der Waals surface area contributed by atoms with E-state index in [9.17, 15) is 9.59 Å². The van der Waals surface area contributed by atoms with Gasteiger partial charge in [-0.1, -0.05) is 6.92 Å². The minimum Gasteiger partial charge on any atom is -0.379 e. The van der Waals surface area contributed by atoms with Gasteiger partial charge in [-0.2, -0.15) is 11.3 Å². The van der Waals surface area contributed by atoms with Crippen molar-refractivity contribution in [3.05, 3.63) is 22.4 Å². The van der Waals surface area contributed by atoms with Gasteiger partial charge in [-0.05, 0) is 47.2 Å². The van der Waals surface area contributed by atoms with E-state index in [2.05, 4.69) is 17.1 Å². The van der Waals surface area contributed by atoms with Crippen LogP contribution in [0.3, 0.4) is 0 Å². The standard InChI is InChI=1S/C20H29N3O3S/c1-2-22-13-20(16-10-26-11-18(16)22)4-6-23(7-5-20)19(25)17(21-14-24)9-15-3-8-27-12-15/h3,8,12,14,16-18H,2,4-7,9-11,13H2,1H3,(H,21,24)/t16-,17?,18+/m1/s1. The number of nitrogens with one attached hydrogen (secondary N) is 1. The molecule has 0 saturated carbocycles. The molecule has 3 aliphatic rings. The highest BCUT2D eigenvalue weighted by atomic mass is 32.1. The monoisotopic (exact) mass is 391 g/mol. The molecule has 7 heteroatoms. The van der Waals surface area contributed by atoms with E-state index in [0.29, 0.717) is 24.8 Å². The molecule has 0 radical (unpaired) electrons. The third-order valence-electron chi connectivity index (χ3n) is 6.89. The summed E-state index contributed by atoms with van der Waals surface area (Å²) in [7, 11) is 0. The van der Waals surface area contributed by atoms with E-state index in [0.717, 1.165) is 57.8 Å². The van der Waals surface area contributed by atoms with Gasteiger partial charge in [-0.15, -0.1) is 0 Å². The smallest absolute Gasteiger partial charge is 0.245 e. The summed E-state index contributed by atoms with van der Waals surface area (Å²) >= 11 is 1.61. The summed E-state index contributed by atoms with van der Waals surface area (Å²) in [4.78, 5) is 28.6. The van der Waals surface area contributed by atoms with Gasteiger partial charge in [-0.25, -0.2) is 0 Å². The summed E-state index contributed by atoms with van der Waals surface area (Å²) in [6.45, 7) is 7.71. The van der Waals surface area contributed by atoms with Crippen LogP contribution in [0.25, 0.3) is 0 Å². The number of likely N-dealkylation sites (N-methyl/N-ethyl adjacent to an activating group) is 1. The van der Waals surface area contributed by atoms with Gasteiger partial charge in [0.1, 0.15) is 6.04 Å². The lowest BCUT2D eigenvalue weighted by atomic mass is 9.70. The number of likely N-dealkylation sites (tertiary alicyclic amines) is 2. The molecular weight excluding hydrogens is 362 g/mol. The first kappa shape index (κ1) is 18.9. The van der Waals surface area contributed by atoms with Gasteiger partial charge >= 0.3 is 0 Å². The number of piperidine rings is 1. The number of rotatable bonds is 6. The average molecular weight is 392 g/mol. The fourth-order valence-electron chi connectivity index (χ4n) is 5.34. The summed E-state index contributed by atoms with van der Waals surface area (Å²) in [5, 5.41) is 6.78. The first-order valence-electron chi connectivity index (χ1n) is 9.98. The second-order valence-electron chi connectivity index (χ2n) is 8.13. The molecular formula is C20H29N3O3S. The first-order chi connectivity index (χ1) is 13.2. The zero-order valence-corrected chi connectivity index (χ0v) is 16.7. The lowest BCUT2D eigenvalue weighted by Gasteiger charge is -2.43. The number of carbonyl (C=O) groups excluding carboxylic acids is 2. The lowest BCUT2D eigenvalue weighted by Crippen LogP contribution is -2.53. The van der Waals surface area contributed by atoms with Crippen LogP contribution >= 0.6 is 11.3 Å². The molecule has 0 aromatic carbocycles. The van der Waals surface area contributed by atoms with Crippen molar-refractivity contribution in [3.8, 4) is 0 Å². The van der Waals surface area contributed by atoms with Crippen LogP contribution in [0.15, 0.2) is 16.8 Å². The lowest BCUT2D eigenvalue weighted by molar-refractivity contribution is -0.137. The van der Waals surface area contributed by atoms with E-state index < -0.39 is 6.04 Å². The quantitative estimate of drug-likeness (QED) is 0.744.